The predicted octanol–water partition coefficient (Wildman–Crippen LogP) is 1.87. The summed E-state index contributed by atoms with van der Waals surface area (Å²) in [7, 11) is 0. The van der Waals surface area contributed by atoms with Gasteiger partial charge in [0, 0.05) is 12.1 Å². The summed E-state index contributed by atoms with van der Waals surface area (Å²) in [5.74, 6) is 0.148. The van der Waals surface area contributed by atoms with Crippen molar-refractivity contribution in [3.05, 3.63) is 33.9 Å². The maximum Gasteiger partial charge on any atom is 0.270 e. The normalized spacial score (nSPS) is 11.3. The number of ether oxygens (including phenoxy) is 1. The van der Waals surface area contributed by atoms with Gasteiger partial charge < -0.3 is 15.7 Å². The molecular weight excluding hydrogens is 238 g/mol. The molecule has 0 aliphatic carbocycles. The highest BCUT2D eigenvalue weighted by molar-refractivity contribution is 6.00. The number of hydrogen-bond acceptors (Lipinski definition) is 5. The summed E-state index contributed by atoms with van der Waals surface area (Å²) in [5, 5.41) is 22.1. The molecule has 1 aromatic carbocycles. The Morgan fingerprint density at radius 1 is 1.61 bits per heavy atom. The number of nitrogens with zero attached hydrogens (tertiary/aromatic N) is 2. The Bertz CT molecular complexity index is 460. The summed E-state index contributed by atoms with van der Waals surface area (Å²) in [6, 6.07) is 3.98. The van der Waals surface area contributed by atoms with Gasteiger partial charge in [-0.05, 0) is 12.5 Å². The summed E-state index contributed by atoms with van der Waals surface area (Å²) in [6.07, 6.45) is 1.82. The van der Waals surface area contributed by atoms with Gasteiger partial charge >= 0.3 is 0 Å². The van der Waals surface area contributed by atoms with E-state index in [1.807, 2.05) is 6.92 Å². The molecule has 0 amide bonds. The van der Waals surface area contributed by atoms with Crippen LogP contribution in [-0.4, -0.2) is 22.6 Å². The van der Waals surface area contributed by atoms with Crippen LogP contribution in [0.4, 0.5) is 5.69 Å². The van der Waals surface area contributed by atoms with Crippen LogP contribution >= 0.6 is 0 Å². The molecule has 0 aromatic heterocycles. The second-order valence-corrected chi connectivity index (χ2v) is 3.62. The zero-order chi connectivity index (χ0) is 13.5. The van der Waals surface area contributed by atoms with Crippen LogP contribution in [0.5, 0.6) is 5.75 Å². The zero-order valence-corrected chi connectivity index (χ0v) is 10.00. The Kier molecular flexibility index (Phi) is 4.91. The van der Waals surface area contributed by atoms with Crippen molar-refractivity contribution in [2.75, 3.05) is 6.61 Å². The number of amidine groups is 1. The molecule has 0 aliphatic rings. The molecule has 0 atom stereocenters. The molecule has 18 heavy (non-hydrogen) atoms. The van der Waals surface area contributed by atoms with Gasteiger partial charge in [0.1, 0.15) is 5.75 Å². The number of hydrogen-bond donors (Lipinski definition) is 2. The highest BCUT2D eigenvalue weighted by Gasteiger charge is 2.14. The van der Waals surface area contributed by atoms with Crippen LogP contribution < -0.4 is 10.5 Å². The Balaban J connectivity index is 3.05. The molecule has 1 rings (SSSR count). The molecule has 7 heteroatoms. The number of non-ortho nitro benzene ring substituents is 1. The van der Waals surface area contributed by atoms with Gasteiger partial charge in [0.05, 0.1) is 17.1 Å². The van der Waals surface area contributed by atoms with E-state index in [9.17, 15) is 10.1 Å². The van der Waals surface area contributed by atoms with Gasteiger partial charge in [0.15, 0.2) is 5.84 Å². The van der Waals surface area contributed by atoms with Gasteiger partial charge in [-0.3, -0.25) is 10.1 Å². The van der Waals surface area contributed by atoms with Crippen molar-refractivity contribution in [3.8, 4) is 5.75 Å². The van der Waals surface area contributed by atoms with Crippen LogP contribution in [0.15, 0.2) is 23.4 Å². The first-order chi connectivity index (χ1) is 8.60. The fourth-order valence-electron chi connectivity index (χ4n) is 1.34. The molecule has 0 spiro atoms. The fraction of sp³-hybridized carbons (Fsp3) is 0.364. The van der Waals surface area contributed by atoms with E-state index < -0.39 is 4.92 Å². The van der Waals surface area contributed by atoms with E-state index in [1.165, 1.54) is 18.2 Å². The summed E-state index contributed by atoms with van der Waals surface area (Å²) < 4.78 is 5.44. The molecule has 0 saturated heterocycles. The second kappa shape index (κ2) is 6.43. The van der Waals surface area contributed by atoms with Crippen LogP contribution in [0.2, 0.25) is 0 Å². The number of oxime groups is 1. The number of nitrogens with two attached hydrogens (primary N) is 1. The molecule has 98 valence electrons. The van der Waals surface area contributed by atoms with Crippen molar-refractivity contribution in [1.82, 2.24) is 0 Å². The molecule has 0 aliphatic heterocycles. The van der Waals surface area contributed by atoms with Crippen molar-refractivity contribution in [2.45, 2.75) is 19.8 Å². The first kappa shape index (κ1) is 13.8. The van der Waals surface area contributed by atoms with Gasteiger partial charge in [0.25, 0.3) is 5.69 Å². The Morgan fingerprint density at radius 3 is 2.89 bits per heavy atom. The van der Waals surface area contributed by atoms with Gasteiger partial charge in [0.2, 0.25) is 0 Å². The Labute approximate surface area is 104 Å². The van der Waals surface area contributed by atoms with Crippen molar-refractivity contribution in [2.24, 2.45) is 10.9 Å². The average Bonchev–Trinajstić information content (AvgIpc) is 2.38. The van der Waals surface area contributed by atoms with E-state index in [-0.39, 0.29) is 17.1 Å². The molecule has 0 fully saturated rings. The van der Waals surface area contributed by atoms with E-state index in [1.54, 1.807) is 0 Å². The fourth-order valence-corrected chi connectivity index (χ4v) is 1.34. The zero-order valence-electron chi connectivity index (χ0n) is 10.00. The highest BCUT2D eigenvalue weighted by atomic mass is 16.6. The Hall–Kier alpha value is -2.31. The monoisotopic (exact) mass is 253 g/mol. The first-order valence-corrected chi connectivity index (χ1v) is 5.49. The average molecular weight is 253 g/mol. The van der Waals surface area contributed by atoms with Gasteiger partial charge in [-0.25, -0.2) is 0 Å². The van der Waals surface area contributed by atoms with Crippen molar-refractivity contribution in [3.63, 3.8) is 0 Å². The van der Waals surface area contributed by atoms with Crippen LogP contribution in [0, 0.1) is 10.1 Å². The lowest BCUT2D eigenvalue weighted by Gasteiger charge is -2.09. The van der Waals surface area contributed by atoms with Crippen LogP contribution in [-0.2, 0) is 0 Å². The molecule has 0 bridgehead atoms. The van der Waals surface area contributed by atoms with Crippen LogP contribution in [0.3, 0.4) is 0 Å². The standard InChI is InChI=1S/C11H15N3O4/c1-2-3-6-18-10-5-4-8(14(16)17)7-9(10)11(12)13-15/h4-5,7,15H,2-3,6H2,1H3,(H2,12,13). The Morgan fingerprint density at radius 2 is 2.33 bits per heavy atom. The van der Waals surface area contributed by atoms with Crippen LogP contribution in [0.25, 0.3) is 0 Å². The van der Waals surface area contributed by atoms with Gasteiger partial charge in [-0.15, -0.1) is 0 Å². The second-order valence-electron chi connectivity index (χ2n) is 3.62. The first-order valence-electron chi connectivity index (χ1n) is 5.49. The molecule has 3 N–H and O–H groups in total. The lowest BCUT2D eigenvalue weighted by molar-refractivity contribution is -0.384. The maximum atomic E-state index is 10.7. The number of unbranched alkanes of at least 4 members (excludes halogenated alkanes) is 1. The summed E-state index contributed by atoms with van der Waals surface area (Å²) >= 11 is 0. The summed E-state index contributed by atoms with van der Waals surface area (Å²) in [4.78, 5) is 10.1. The minimum atomic E-state index is -0.552. The minimum Gasteiger partial charge on any atom is -0.493 e. The molecule has 0 saturated carbocycles. The maximum absolute atomic E-state index is 10.7. The largest absolute Gasteiger partial charge is 0.493 e. The molecular formula is C11H15N3O4. The number of rotatable bonds is 6. The third-order valence-corrected chi connectivity index (χ3v) is 2.31. The van der Waals surface area contributed by atoms with E-state index >= 15 is 0 Å². The molecule has 7 nitrogen and oxygen atoms in total. The lowest BCUT2D eigenvalue weighted by atomic mass is 10.1. The van der Waals surface area contributed by atoms with Gasteiger partial charge in [-0.1, -0.05) is 18.5 Å². The van der Waals surface area contributed by atoms with E-state index in [0.29, 0.717) is 12.4 Å². The minimum absolute atomic E-state index is 0.139. The summed E-state index contributed by atoms with van der Waals surface area (Å²) in [5.41, 5.74) is 5.54. The predicted molar refractivity (Wildman–Crippen MR) is 66.0 cm³/mol. The number of nitro benzene ring substituents is 1. The number of nitro groups is 1. The highest BCUT2D eigenvalue weighted by Crippen LogP contribution is 2.24. The van der Waals surface area contributed by atoms with Gasteiger partial charge in [-0.2, -0.15) is 0 Å². The van der Waals surface area contributed by atoms with Crippen molar-refractivity contribution < 1.29 is 14.9 Å². The lowest BCUT2D eigenvalue weighted by Crippen LogP contribution is -2.15. The van der Waals surface area contributed by atoms with E-state index in [4.69, 9.17) is 15.7 Å². The smallest absolute Gasteiger partial charge is 0.270 e. The SMILES string of the molecule is CCCCOc1ccc([N+](=O)[O-])cc1C(N)=NO. The topological polar surface area (TPSA) is 111 Å². The quantitative estimate of drug-likeness (QED) is 0.201. The van der Waals surface area contributed by atoms with Crippen LogP contribution in [0.1, 0.15) is 25.3 Å². The summed E-state index contributed by atoms with van der Waals surface area (Å²) in [6.45, 7) is 2.49. The number of benzene rings is 1. The van der Waals surface area contributed by atoms with E-state index in [0.717, 1.165) is 12.8 Å². The third-order valence-electron chi connectivity index (χ3n) is 2.31. The van der Waals surface area contributed by atoms with Crippen molar-refractivity contribution >= 4 is 11.5 Å². The van der Waals surface area contributed by atoms with E-state index in [2.05, 4.69) is 5.16 Å². The molecule has 0 heterocycles. The molecule has 0 radical (unpaired) electrons. The van der Waals surface area contributed by atoms with Crippen molar-refractivity contribution in [1.29, 1.82) is 0 Å². The third kappa shape index (κ3) is 3.34. The molecule has 1 aromatic rings. The molecule has 0 unspecified atom stereocenters.